The molecule has 21 heavy (non-hydrogen) atoms. The highest BCUT2D eigenvalue weighted by atomic mass is 16.5. The number of benzene rings is 1. The number of likely N-dealkylation sites (tertiary alicyclic amines) is 1. The third-order valence-electron chi connectivity index (χ3n) is 4.26. The van der Waals surface area contributed by atoms with E-state index in [9.17, 15) is 0 Å². The van der Waals surface area contributed by atoms with E-state index in [1.54, 1.807) is 13.4 Å². The molecule has 3 rings (SSSR count). The van der Waals surface area contributed by atoms with E-state index >= 15 is 0 Å². The fourth-order valence-corrected chi connectivity index (χ4v) is 2.91. The van der Waals surface area contributed by atoms with Crippen molar-refractivity contribution in [1.82, 2.24) is 19.7 Å². The molecule has 1 aromatic carbocycles. The summed E-state index contributed by atoms with van der Waals surface area (Å²) in [5, 5.41) is 4.35. The predicted molar refractivity (Wildman–Crippen MR) is 81.2 cm³/mol. The highest BCUT2D eigenvalue weighted by molar-refractivity contribution is 5.30. The lowest BCUT2D eigenvalue weighted by Gasteiger charge is -2.35. The van der Waals surface area contributed by atoms with E-state index in [1.165, 1.54) is 0 Å². The van der Waals surface area contributed by atoms with Gasteiger partial charge < -0.3 is 4.74 Å². The van der Waals surface area contributed by atoms with Crippen LogP contribution in [-0.2, 0) is 11.3 Å². The van der Waals surface area contributed by atoms with Gasteiger partial charge in [0.25, 0.3) is 0 Å². The molecule has 0 amide bonds. The second kappa shape index (κ2) is 6.37. The van der Waals surface area contributed by atoms with Crippen LogP contribution < -0.4 is 0 Å². The van der Waals surface area contributed by atoms with Gasteiger partial charge in [-0.05, 0) is 31.0 Å². The molecule has 2 heterocycles. The standard InChI is InChI=1S/C16H22N4O/c1-13-8-9-19(10-15(13)21-2)11-16-17-12-18-20(16)14-6-4-3-5-7-14/h3-7,12-13,15H,8-11H2,1-2H3/t13-,15-/m0/s1. The minimum Gasteiger partial charge on any atom is -0.380 e. The van der Waals surface area contributed by atoms with Crippen LogP contribution >= 0.6 is 0 Å². The van der Waals surface area contributed by atoms with Gasteiger partial charge >= 0.3 is 0 Å². The molecule has 0 spiro atoms. The summed E-state index contributed by atoms with van der Waals surface area (Å²) in [6.07, 6.45) is 3.10. The molecule has 1 aliphatic rings. The molecular formula is C16H22N4O. The number of hydrogen-bond acceptors (Lipinski definition) is 4. The molecule has 0 radical (unpaired) electrons. The number of nitrogens with zero attached hydrogens (tertiary/aromatic N) is 4. The zero-order valence-corrected chi connectivity index (χ0v) is 12.6. The summed E-state index contributed by atoms with van der Waals surface area (Å²) in [6.45, 7) is 5.11. The van der Waals surface area contributed by atoms with Gasteiger partial charge in [-0.15, -0.1) is 0 Å². The Morgan fingerprint density at radius 2 is 2.10 bits per heavy atom. The lowest BCUT2D eigenvalue weighted by molar-refractivity contribution is -0.00832. The minimum atomic E-state index is 0.312. The zero-order chi connectivity index (χ0) is 14.7. The quantitative estimate of drug-likeness (QED) is 0.863. The molecule has 0 saturated carbocycles. The van der Waals surface area contributed by atoms with Crippen molar-refractivity contribution in [2.24, 2.45) is 5.92 Å². The van der Waals surface area contributed by atoms with Crippen molar-refractivity contribution in [2.45, 2.75) is 26.0 Å². The van der Waals surface area contributed by atoms with E-state index in [0.717, 1.165) is 37.6 Å². The molecule has 2 aromatic rings. The van der Waals surface area contributed by atoms with Gasteiger partial charge in [0.1, 0.15) is 12.2 Å². The maximum atomic E-state index is 5.58. The Balaban J connectivity index is 1.73. The number of hydrogen-bond donors (Lipinski definition) is 0. The molecule has 5 heteroatoms. The molecule has 0 bridgehead atoms. The van der Waals surface area contributed by atoms with E-state index in [-0.39, 0.29) is 0 Å². The van der Waals surface area contributed by atoms with Crippen LogP contribution in [0.2, 0.25) is 0 Å². The Morgan fingerprint density at radius 3 is 2.86 bits per heavy atom. The van der Waals surface area contributed by atoms with Crippen molar-refractivity contribution in [2.75, 3.05) is 20.2 Å². The van der Waals surface area contributed by atoms with Crippen LogP contribution in [0.15, 0.2) is 36.7 Å². The van der Waals surface area contributed by atoms with Crippen molar-refractivity contribution in [3.8, 4) is 5.69 Å². The van der Waals surface area contributed by atoms with Gasteiger partial charge in [0.2, 0.25) is 0 Å². The van der Waals surface area contributed by atoms with Gasteiger partial charge in [-0.2, -0.15) is 5.10 Å². The number of para-hydroxylation sites is 1. The van der Waals surface area contributed by atoms with E-state index < -0.39 is 0 Å². The molecule has 5 nitrogen and oxygen atoms in total. The first-order valence-corrected chi connectivity index (χ1v) is 7.47. The Labute approximate surface area is 125 Å². The Morgan fingerprint density at radius 1 is 1.29 bits per heavy atom. The number of rotatable bonds is 4. The van der Waals surface area contributed by atoms with E-state index in [0.29, 0.717) is 12.0 Å². The SMILES string of the molecule is CO[C@H]1CN(Cc2ncnn2-c2ccccc2)CC[C@@H]1C. The molecular weight excluding hydrogens is 264 g/mol. The Bertz CT molecular complexity index is 569. The molecule has 0 unspecified atom stereocenters. The molecule has 1 fully saturated rings. The summed E-state index contributed by atoms with van der Waals surface area (Å²) in [6, 6.07) is 10.1. The van der Waals surface area contributed by atoms with Gasteiger partial charge in [-0.3, -0.25) is 4.90 Å². The van der Waals surface area contributed by atoms with Crippen LogP contribution in [-0.4, -0.2) is 46.0 Å². The zero-order valence-electron chi connectivity index (χ0n) is 12.6. The molecule has 0 aliphatic carbocycles. The Kier molecular flexibility index (Phi) is 4.31. The normalized spacial score (nSPS) is 23.3. The molecule has 112 valence electrons. The summed E-state index contributed by atoms with van der Waals surface area (Å²) in [4.78, 5) is 6.83. The van der Waals surface area contributed by atoms with Crippen molar-refractivity contribution in [1.29, 1.82) is 0 Å². The van der Waals surface area contributed by atoms with E-state index in [2.05, 4.69) is 34.0 Å². The molecule has 1 aromatic heterocycles. The minimum absolute atomic E-state index is 0.312. The smallest absolute Gasteiger partial charge is 0.146 e. The topological polar surface area (TPSA) is 43.2 Å². The maximum Gasteiger partial charge on any atom is 0.146 e. The average Bonchev–Trinajstić information content (AvgIpc) is 2.98. The lowest BCUT2D eigenvalue weighted by atomic mass is 9.96. The van der Waals surface area contributed by atoms with Crippen LogP contribution in [0.3, 0.4) is 0 Å². The number of aromatic nitrogens is 3. The summed E-state index contributed by atoms with van der Waals surface area (Å²) in [5.74, 6) is 1.60. The molecule has 1 aliphatic heterocycles. The second-order valence-corrected chi connectivity index (χ2v) is 5.70. The number of piperidine rings is 1. The second-order valence-electron chi connectivity index (χ2n) is 5.70. The van der Waals surface area contributed by atoms with E-state index in [1.807, 2.05) is 22.9 Å². The monoisotopic (exact) mass is 286 g/mol. The first kappa shape index (κ1) is 14.2. The molecule has 0 N–H and O–H groups in total. The van der Waals surface area contributed by atoms with Gasteiger partial charge in [0.15, 0.2) is 0 Å². The summed E-state index contributed by atoms with van der Waals surface area (Å²) in [5.41, 5.74) is 1.05. The summed E-state index contributed by atoms with van der Waals surface area (Å²) < 4.78 is 7.50. The highest BCUT2D eigenvalue weighted by Gasteiger charge is 2.26. The first-order chi connectivity index (χ1) is 10.3. The van der Waals surface area contributed by atoms with Crippen molar-refractivity contribution >= 4 is 0 Å². The number of ether oxygens (including phenoxy) is 1. The van der Waals surface area contributed by atoms with Crippen LogP contribution in [0.4, 0.5) is 0 Å². The third kappa shape index (κ3) is 3.14. The highest BCUT2D eigenvalue weighted by Crippen LogP contribution is 2.21. The Hall–Kier alpha value is -1.72. The van der Waals surface area contributed by atoms with Gasteiger partial charge in [0.05, 0.1) is 18.3 Å². The third-order valence-corrected chi connectivity index (χ3v) is 4.26. The van der Waals surface area contributed by atoms with Crippen molar-refractivity contribution < 1.29 is 4.74 Å². The summed E-state index contributed by atoms with van der Waals surface area (Å²) in [7, 11) is 1.80. The summed E-state index contributed by atoms with van der Waals surface area (Å²) >= 11 is 0. The van der Waals surface area contributed by atoms with Gasteiger partial charge in [-0.1, -0.05) is 25.1 Å². The lowest BCUT2D eigenvalue weighted by Crippen LogP contribution is -2.43. The molecule has 2 atom stereocenters. The first-order valence-electron chi connectivity index (χ1n) is 7.47. The predicted octanol–water partition coefficient (Wildman–Crippen LogP) is 2.12. The van der Waals surface area contributed by atoms with Crippen LogP contribution in [0.1, 0.15) is 19.2 Å². The average molecular weight is 286 g/mol. The fraction of sp³-hybridized carbons (Fsp3) is 0.500. The molecule has 1 saturated heterocycles. The van der Waals surface area contributed by atoms with Gasteiger partial charge in [0, 0.05) is 13.7 Å². The van der Waals surface area contributed by atoms with Gasteiger partial charge in [-0.25, -0.2) is 9.67 Å². The van der Waals surface area contributed by atoms with Crippen LogP contribution in [0, 0.1) is 5.92 Å². The maximum absolute atomic E-state index is 5.58. The van der Waals surface area contributed by atoms with Crippen LogP contribution in [0.25, 0.3) is 5.69 Å². The largest absolute Gasteiger partial charge is 0.380 e. The van der Waals surface area contributed by atoms with Crippen LogP contribution in [0.5, 0.6) is 0 Å². The van der Waals surface area contributed by atoms with Crippen molar-refractivity contribution in [3.05, 3.63) is 42.5 Å². The fourth-order valence-electron chi connectivity index (χ4n) is 2.91. The van der Waals surface area contributed by atoms with Crippen molar-refractivity contribution in [3.63, 3.8) is 0 Å². The van der Waals surface area contributed by atoms with E-state index in [4.69, 9.17) is 4.74 Å². The number of methoxy groups -OCH3 is 1.